The van der Waals surface area contributed by atoms with E-state index in [2.05, 4.69) is 20.9 Å². The number of aryl methyl sites for hydroxylation is 4. The fourth-order valence-electron chi connectivity index (χ4n) is 4.04. The molecule has 4 rings (SSSR count). The molecule has 0 aliphatic rings. The molecule has 1 amide bonds. The number of benzene rings is 1. The van der Waals surface area contributed by atoms with Crippen molar-refractivity contribution >= 4 is 34.4 Å². The van der Waals surface area contributed by atoms with Gasteiger partial charge in [0.15, 0.2) is 11.4 Å². The van der Waals surface area contributed by atoms with Crippen molar-refractivity contribution in [2.24, 2.45) is 7.05 Å². The van der Waals surface area contributed by atoms with Crippen LogP contribution in [0.25, 0.3) is 11.0 Å². The molecule has 33 heavy (non-hydrogen) atoms. The Morgan fingerprint density at radius 1 is 1.18 bits per heavy atom. The van der Waals surface area contributed by atoms with E-state index in [0.717, 1.165) is 44.7 Å². The number of nitrogens with one attached hydrogen (secondary N) is 2. The number of hydrogen-bond acceptors (Lipinski definition) is 6. The average molecular weight is 468 g/mol. The molecule has 4 aromatic rings. The summed E-state index contributed by atoms with van der Waals surface area (Å²) in [6.07, 6.45) is 0.451. The second-order valence-electron chi connectivity index (χ2n) is 8.07. The zero-order valence-corrected chi connectivity index (χ0v) is 20.2. The second-order valence-corrected chi connectivity index (χ2v) is 8.45. The molecular weight excluding hydrogens is 442 g/mol. The maximum absolute atomic E-state index is 12.6. The summed E-state index contributed by atoms with van der Waals surface area (Å²) in [4.78, 5) is 17.2. The SMILES string of the molecule is COc1cc(C)c(Cl)c(C)c1Cc1ccc(C(=O)NNc2cc(C)c3c(C)nn(C)c3n2)o1. The van der Waals surface area contributed by atoms with E-state index in [0.29, 0.717) is 23.0 Å². The molecule has 0 saturated heterocycles. The number of fused-ring (bicyclic) bond motifs is 1. The molecule has 0 atom stereocenters. The summed E-state index contributed by atoms with van der Waals surface area (Å²) in [5.41, 5.74) is 11.0. The summed E-state index contributed by atoms with van der Waals surface area (Å²) in [7, 11) is 3.46. The minimum Gasteiger partial charge on any atom is -0.496 e. The molecule has 9 heteroatoms. The largest absolute Gasteiger partial charge is 0.496 e. The van der Waals surface area contributed by atoms with E-state index >= 15 is 0 Å². The number of ether oxygens (including phenoxy) is 1. The average Bonchev–Trinajstić information content (AvgIpc) is 3.36. The summed E-state index contributed by atoms with van der Waals surface area (Å²) in [5, 5.41) is 6.11. The number of carbonyl (C=O) groups excluding carboxylic acids is 1. The number of aromatic nitrogens is 3. The number of halogens is 1. The molecule has 1 aromatic carbocycles. The number of hydrogen-bond donors (Lipinski definition) is 2. The fourth-order valence-corrected chi connectivity index (χ4v) is 4.21. The van der Waals surface area contributed by atoms with E-state index in [4.69, 9.17) is 20.8 Å². The van der Waals surface area contributed by atoms with Crippen LogP contribution in [-0.2, 0) is 13.5 Å². The summed E-state index contributed by atoms with van der Waals surface area (Å²) in [5.74, 6) is 1.65. The van der Waals surface area contributed by atoms with E-state index in [1.165, 1.54) is 0 Å². The number of rotatable bonds is 6. The van der Waals surface area contributed by atoms with Gasteiger partial charge in [-0.3, -0.25) is 20.3 Å². The van der Waals surface area contributed by atoms with Crippen molar-refractivity contribution in [1.82, 2.24) is 20.2 Å². The van der Waals surface area contributed by atoms with E-state index in [1.807, 2.05) is 46.9 Å². The monoisotopic (exact) mass is 467 g/mol. The van der Waals surface area contributed by atoms with Crippen LogP contribution in [0.4, 0.5) is 5.82 Å². The normalized spacial score (nSPS) is 11.1. The maximum Gasteiger partial charge on any atom is 0.305 e. The second kappa shape index (κ2) is 8.78. The summed E-state index contributed by atoms with van der Waals surface area (Å²) in [6.45, 7) is 7.82. The van der Waals surface area contributed by atoms with Gasteiger partial charge in [0.05, 0.1) is 12.8 Å². The Hall–Kier alpha value is -3.52. The van der Waals surface area contributed by atoms with Crippen molar-refractivity contribution in [3.05, 3.63) is 68.8 Å². The lowest BCUT2D eigenvalue weighted by Crippen LogP contribution is -2.29. The van der Waals surface area contributed by atoms with Gasteiger partial charge in [-0.25, -0.2) is 4.98 Å². The summed E-state index contributed by atoms with van der Waals surface area (Å²) >= 11 is 6.42. The van der Waals surface area contributed by atoms with Gasteiger partial charge >= 0.3 is 5.91 Å². The van der Waals surface area contributed by atoms with Crippen molar-refractivity contribution in [3.63, 3.8) is 0 Å². The molecule has 0 bridgehead atoms. The zero-order chi connectivity index (χ0) is 23.9. The van der Waals surface area contributed by atoms with Crippen LogP contribution in [0.1, 0.15) is 44.3 Å². The van der Waals surface area contributed by atoms with Crippen LogP contribution in [-0.4, -0.2) is 27.8 Å². The minimum atomic E-state index is -0.410. The van der Waals surface area contributed by atoms with Crippen LogP contribution < -0.4 is 15.6 Å². The Kier molecular flexibility index (Phi) is 6.03. The molecule has 0 spiro atoms. The van der Waals surface area contributed by atoms with Crippen LogP contribution in [0, 0.1) is 27.7 Å². The Balaban J connectivity index is 1.49. The third-order valence-corrected chi connectivity index (χ3v) is 6.28. The highest BCUT2D eigenvalue weighted by Crippen LogP contribution is 2.33. The van der Waals surface area contributed by atoms with Gasteiger partial charge in [-0.15, -0.1) is 0 Å². The van der Waals surface area contributed by atoms with E-state index < -0.39 is 5.91 Å². The predicted molar refractivity (Wildman–Crippen MR) is 128 cm³/mol. The van der Waals surface area contributed by atoms with E-state index in [1.54, 1.807) is 23.9 Å². The quantitative estimate of drug-likeness (QED) is 0.395. The first kappa shape index (κ1) is 22.7. The van der Waals surface area contributed by atoms with Gasteiger partial charge in [0.25, 0.3) is 0 Å². The van der Waals surface area contributed by atoms with Crippen LogP contribution in [0.2, 0.25) is 5.02 Å². The van der Waals surface area contributed by atoms with Crippen molar-refractivity contribution in [3.8, 4) is 5.75 Å². The van der Waals surface area contributed by atoms with Crippen LogP contribution >= 0.6 is 11.6 Å². The third-order valence-electron chi connectivity index (χ3n) is 5.70. The lowest BCUT2D eigenvalue weighted by Gasteiger charge is -2.14. The minimum absolute atomic E-state index is 0.182. The first-order chi connectivity index (χ1) is 15.7. The maximum atomic E-state index is 12.6. The Morgan fingerprint density at radius 2 is 1.94 bits per heavy atom. The van der Waals surface area contributed by atoms with Gasteiger partial charge in [-0.05, 0) is 68.7 Å². The predicted octanol–water partition coefficient (Wildman–Crippen LogP) is 4.80. The van der Waals surface area contributed by atoms with Crippen LogP contribution in [0.15, 0.2) is 28.7 Å². The molecule has 0 aliphatic carbocycles. The number of pyridine rings is 1. The van der Waals surface area contributed by atoms with Gasteiger partial charge in [0.2, 0.25) is 0 Å². The van der Waals surface area contributed by atoms with Gasteiger partial charge in [0, 0.05) is 29.4 Å². The molecule has 0 radical (unpaired) electrons. The van der Waals surface area contributed by atoms with Crippen molar-refractivity contribution in [1.29, 1.82) is 0 Å². The van der Waals surface area contributed by atoms with Gasteiger partial charge in [-0.2, -0.15) is 5.10 Å². The summed E-state index contributed by atoms with van der Waals surface area (Å²) in [6, 6.07) is 7.17. The molecular formula is C24H26ClN5O3. The fraction of sp³-hybridized carbons (Fsp3) is 0.292. The highest BCUT2D eigenvalue weighted by molar-refractivity contribution is 6.32. The molecule has 0 saturated carbocycles. The van der Waals surface area contributed by atoms with Crippen molar-refractivity contribution in [2.45, 2.75) is 34.1 Å². The molecule has 8 nitrogen and oxygen atoms in total. The standard InChI is InChI=1S/C24H26ClN5O3/c1-12-10-20(26-23-21(12)15(4)29-30(23)5)27-28-24(31)18-8-7-16(33-18)11-17-14(3)22(25)13(2)9-19(17)32-6/h7-10H,11H2,1-6H3,(H,26,27)(H,28,31). The van der Waals surface area contributed by atoms with Crippen LogP contribution in [0.3, 0.4) is 0 Å². The summed E-state index contributed by atoms with van der Waals surface area (Å²) < 4.78 is 13.0. The highest BCUT2D eigenvalue weighted by atomic mass is 35.5. The number of carbonyl (C=O) groups is 1. The molecule has 172 valence electrons. The van der Waals surface area contributed by atoms with E-state index in [-0.39, 0.29) is 5.76 Å². The number of methoxy groups -OCH3 is 1. The number of furan rings is 1. The first-order valence-corrected chi connectivity index (χ1v) is 10.9. The highest BCUT2D eigenvalue weighted by Gasteiger charge is 2.17. The Morgan fingerprint density at radius 3 is 2.67 bits per heavy atom. The lowest BCUT2D eigenvalue weighted by molar-refractivity contribution is 0.0933. The molecule has 3 aromatic heterocycles. The molecule has 0 aliphatic heterocycles. The smallest absolute Gasteiger partial charge is 0.305 e. The van der Waals surface area contributed by atoms with Crippen molar-refractivity contribution in [2.75, 3.05) is 12.5 Å². The molecule has 3 heterocycles. The third kappa shape index (κ3) is 4.26. The first-order valence-electron chi connectivity index (χ1n) is 10.5. The Labute approximate surface area is 196 Å². The Bertz CT molecular complexity index is 1370. The lowest BCUT2D eigenvalue weighted by atomic mass is 10.0. The number of amides is 1. The van der Waals surface area contributed by atoms with Crippen LogP contribution in [0.5, 0.6) is 5.75 Å². The van der Waals surface area contributed by atoms with Gasteiger partial charge < -0.3 is 9.15 Å². The topological polar surface area (TPSA) is 94.2 Å². The zero-order valence-electron chi connectivity index (χ0n) is 19.5. The molecule has 2 N–H and O–H groups in total. The molecule has 0 fully saturated rings. The number of nitrogens with zero attached hydrogens (tertiary/aromatic N) is 3. The van der Waals surface area contributed by atoms with Crippen molar-refractivity contribution < 1.29 is 13.9 Å². The number of anilines is 1. The van der Waals surface area contributed by atoms with E-state index in [9.17, 15) is 4.79 Å². The van der Waals surface area contributed by atoms with Gasteiger partial charge in [-0.1, -0.05) is 11.6 Å². The molecule has 0 unspecified atom stereocenters. The van der Waals surface area contributed by atoms with Gasteiger partial charge in [0.1, 0.15) is 17.3 Å². The number of hydrazine groups is 1.